The Labute approximate surface area is 295 Å². The van der Waals surface area contributed by atoms with E-state index >= 15 is 0 Å². The van der Waals surface area contributed by atoms with Gasteiger partial charge in [0, 0.05) is 59.6 Å². The molecule has 0 unspecified atom stereocenters. The zero-order valence-corrected chi connectivity index (χ0v) is 31.0. The summed E-state index contributed by atoms with van der Waals surface area (Å²) in [5.41, 5.74) is 6.72. The van der Waals surface area contributed by atoms with Crippen molar-refractivity contribution >= 4 is 41.4 Å². The van der Waals surface area contributed by atoms with Crippen LogP contribution in [0.25, 0.3) is 0 Å². The molecule has 0 atom stereocenters. The number of hydrogen-bond donors (Lipinski definition) is 1. The van der Waals surface area contributed by atoms with Gasteiger partial charge < -0.3 is 24.3 Å². The molecule has 0 bridgehead atoms. The van der Waals surface area contributed by atoms with Crippen LogP contribution in [0.2, 0.25) is 0 Å². The summed E-state index contributed by atoms with van der Waals surface area (Å²) >= 11 is 0. The molecule has 2 aliphatic heterocycles. The van der Waals surface area contributed by atoms with Gasteiger partial charge in [-0.3, -0.25) is 4.79 Å². The van der Waals surface area contributed by atoms with E-state index in [4.69, 9.17) is 19.5 Å². The van der Waals surface area contributed by atoms with Crippen molar-refractivity contribution in [3.8, 4) is 0 Å². The average molecular weight is 681 g/mol. The molecule has 2 aromatic carbocycles. The molecule has 0 saturated carbocycles. The molecule has 0 aromatic heterocycles. The number of para-hydroxylation sites is 2. The summed E-state index contributed by atoms with van der Waals surface area (Å²) in [6, 6.07) is 16.8. The number of hydrogen-bond acceptors (Lipinski definition) is 8. The van der Waals surface area contributed by atoms with Crippen molar-refractivity contribution in [3.63, 3.8) is 0 Å². The van der Waals surface area contributed by atoms with E-state index in [0.717, 1.165) is 30.8 Å². The van der Waals surface area contributed by atoms with E-state index in [0.29, 0.717) is 25.8 Å². The molecule has 0 saturated heterocycles. The van der Waals surface area contributed by atoms with Gasteiger partial charge in [-0.2, -0.15) is 4.58 Å². The first-order chi connectivity index (χ1) is 21.1. The number of aliphatic carboxylic acids is 1. The fourth-order valence-corrected chi connectivity index (χ4v) is 6.82. The minimum atomic E-state index is -4.22. The summed E-state index contributed by atoms with van der Waals surface area (Å²) in [5.74, 6) is -1.09. The Morgan fingerprint density at radius 1 is 0.935 bits per heavy atom. The van der Waals surface area contributed by atoms with E-state index in [1.165, 1.54) is 22.5 Å². The van der Waals surface area contributed by atoms with Gasteiger partial charge in [0.05, 0.1) is 15.5 Å². The fraction of sp³-hybridized carbons (Fsp3) is 0.455. The van der Waals surface area contributed by atoms with Gasteiger partial charge in [0.15, 0.2) is 5.71 Å². The third-order valence-corrected chi connectivity index (χ3v) is 9.19. The molecule has 0 aliphatic carbocycles. The van der Waals surface area contributed by atoms with Crippen LogP contribution in [0.3, 0.4) is 0 Å². The van der Waals surface area contributed by atoms with E-state index in [1.54, 1.807) is 0 Å². The van der Waals surface area contributed by atoms with E-state index in [1.807, 2.05) is 12.1 Å². The molecule has 244 valence electrons. The third kappa shape index (κ3) is 10.4. The van der Waals surface area contributed by atoms with Crippen LogP contribution in [0.5, 0.6) is 0 Å². The van der Waals surface area contributed by atoms with Crippen molar-refractivity contribution in [2.45, 2.75) is 77.0 Å². The van der Waals surface area contributed by atoms with Crippen molar-refractivity contribution in [2.24, 2.45) is 0 Å². The van der Waals surface area contributed by atoms with E-state index in [-0.39, 0.29) is 52.6 Å². The summed E-state index contributed by atoms with van der Waals surface area (Å²) < 4.78 is 44.2. The number of unbranched alkanes of at least 4 members (excludes halogenated alkanes) is 3. The van der Waals surface area contributed by atoms with Gasteiger partial charge in [-0.1, -0.05) is 60.9 Å². The molecule has 2 heterocycles. The Hall–Kier alpha value is -2.21. The first-order valence-electron chi connectivity index (χ1n) is 15.0. The third-order valence-electron chi connectivity index (χ3n) is 8.41. The van der Waals surface area contributed by atoms with Gasteiger partial charge in [0.2, 0.25) is 5.69 Å². The summed E-state index contributed by atoms with van der Waals surface area (Å²) in [7, 11) is -7.59. The second kappa shape index (κ2) is 17.3. The second-order valence-electron chi connectivity index (χ2n) is 12.3. The molecule has 10 nitrogen and oxygen atoms in total. The van der Waals surface area contributed by atoms with Crippen molar-refractivity contribution < 1.29 is 71.4 Å². The first kappa shape index (κ1) is 40.0. The maximum absolute atomic E-state index is 11.1. The van der Waals surface area contributed by atoms with E-state index in [2.05, 4.69) is 91.8 Å². The summed E-state index contributed by atoms with van der Waals surface area (Å²) in [6.07, 6.45) is 10.1. The zero-order chi connectivity index (χ0) is 33.4. The van der Waals surface area contributed by atoms with Crippen molar-refractivity contribution in [3.05, 3.63) is 83.6 Å². The van der Waals surface area contributed by atoms with Crippen molar-refractivity contribution in [2.75, 3.05) is 23.7 Å². The normalized spacial score (nSPS) is 16.9. The van der Waals surface area contributed by atoms with Crippen LogP contribution in [0.1, 0.15) is 77.3 Å². The van der Waals surface area contributed by atoms with Crippen LogP contribution in [0.15, 0.2) is 72.5 Å². The largest absolute Gasteiger partial charge is 1.00 e. The maximum Gasteiger partial charge on any atom is 1.00 e. The van der Waals surface area contributed by atoms with Gasteiger partial charge in [-0.05, 0) is 57.2 Å². The van der Waals surface area contributed by atoms with Gasteiger partial charge in [0.1, 0.15) is 6.54 Å². The number of nitrogens with zero attached hydrogens (tertiary/aromatic N) is 2. The number of rotatable bonds is 13. The monoisotopic (exact) mass is 680 g/mol. The fourth-order valence-electron chi connectivity index (χ4n) is 6.27. The molecular formula is C33H42N2NaO8PS. The van der Waals surface area contributed by atoms with Gasteiger partial charge in [0.25, 0.3) is 8.25 Å². The molecular weight excluding hydrogens is 638 g/mol. The number of carboxylic acids is 1. The predicted molar refractivity (Wildman–Crippen MR) is 171 cm³/mol. The minimum absolute atomic E-state index is 0. The standard InChI is InChI=1S/C33H42N2O5S.Na.HO3P/c1-32(2)25-15-7-9-17-27(25)34(22-11-5-6-21-31(36)37)29(32)19-14-20-30-33(3,4)26-16-8-10-18-28(26)35(30)23-12-13-24-41(38,39)40;;1-4(2)3/h7-10,14-20H,5-6,11-13,21-24H2,1-4H3,(H-,36,37,38,39,40);;(H,1,2,3)/q;+1;/p-1. The van der Waals surface area contributed by atoms with Crippen LogP contribution in [-0.2, 0) is 30.3 Å². The van der Waals surface area contributed by atoms with Gasteiger partial charge in [-0.25, -0.2) is 8.42 Å². The SMILES string of the molecule is CC1(C)C(/C=C/C=C2/N(CCCCS(=O)(=O)[O-])c3ccccc3C2(C)C)=[N+](CCCCCC(=O)O)c2ccccc21.O=[P+]([O-])[O-].[Na+]. The number of fused-ring (bicyclic) bond motifs is 2. The number of anilines is 1. The Morgan fingerprint density at radius 3 is 2.17 bits per heavy atom. The Morgan fingerprint density at radius 2 is 1.54 bits per heavy atom. The maximum atomic E-state index is 11.1. The van der Waals surface area contributed by atoms with Gasteiger partial charge >= 0.3 is 35.5 Å². The number of allylic oxidation sites excluding steroid dienone is 4. The Balaban J connectivity index is 0.00000139. The molecule has 4 rings (SSSR count). The second-order valence-corrected chi connectivity index (χ2v) is 14.3. The van der Waals surface area contributed by atoms with Crippen LogP contribution >= 0.6 is 8.25 Å². The van der Waals surface area contributed by atoms with Crippen molar-refractivity contribution in [1.82, 2.24) is 0 Å². The van der Waals surface area contributed by atoms with E-state index < -0.39 is 24.3 Å². The molecule has 2 aromatic rings. The van der Waals surface area contributed by atoms with Crippen LogP contribution in [0.4, 0.5) is 11.4 Å². The molecule has 0 radical (unpaired) electrons. The number of carbonyl (C=O) groups is 1. The van der Waals surface area contributed by atoms with Crippen LogP contribution in [0, 0.1) is 0 Å². The smallest absolute Gasteiger partial charge is 0.748 e. The molecule has 0 fully saturated rings. The summed E-state index contributed by atoms with van der Waals surface area (Å²) in [6.45, 7) is 10.4. The molecule has 0 spiro atoms. The summed E-state index contributed by atoms with van der Waals surface area (Å²) in [4.78, 5) is 30.2. The molecule has 46 heavy (non-hydrogen) atoms. The number of carboxylic acid groups (broad SMARTS) is 1. The van der Waals surface area contributed by atoms with Crippen LogP contribution in [-0.4, -0.2) is 53.2 Å². The molecule has 2 aliphatic rings. The minimum Gasteiger partial charge on any atom is -0.748 e. The zero-order valence-electron chi connectivity index (χ0n) is 27.3. The molecule has 0 amide bonds. The quantitative estimate of drug-likeness (QED) is 0.109. The van der Waals surface area contributed by atoms with Crippen LogP contribution < -0.4 is 44.2 Å². The van der Waals surface area contributed by atoms with Crippen molar-refractivity contribution in [1.29, 1.82) is 0 Å². The molecule has 13 heteroatoms. The Bertz CT molecular complexity index is 1600. The van der Waals surface area contributed by atoms with Gasteiger partial charge in [-0.15, -0.1) is 0 Å². The molecule has 1 N–H and O–H groups in total. The Kier molecular flexibility index (Phi) is 15.0. The summed E-state index contributed by atoms with van der Waals surface area (Å²) in [5, 5.41) is 8.99. The topological polar surface area (TPSA) is 164 Å². The van der Waals surface area contributed by atoms with E-state index in [9.17, 15) is 17.8 Å². The predicted octanol–water partition coefficient (Wildman–Crippen LogP) is 1.64. The first-order valence-corrected chi connectivity index (χ1v) is 17.7. The average Bonchev–Trinajstić information content (AvgIpc) is 3.29. The number of benzene rings is 2.